The van der Waals surface area contributed by atoms with Crippen molar-refractivity contribution in [2.24, 2.45) is 0 Å². The molecule has 5 nitrogen and oxygen atoms in total. The summed E-state index contributed by atoms with van der Waals surface area (Å²) in [5.41, 5.74) is 0. The number of allylic oxidation sites excluding steroid dienone is 12. The van der Waals surface area contributed by atoms with Gasteiger partial charge < -0.3 is 14.6 Å². The molecule has 0 aliphatic heterocycles. The Labute approximate surface area is 454 Å². The maximum atomic E-state index is 12.3. The average molecular weight is 1020 g/mol. The van der Waals surface area contributed by atoms with Crippen LogP contribution in [0.2, 0.25) is 0 Å². The van der Waals surface area contributed by atoms with E-state index < -0.39 is 6.10 Å². The lowest BCUT2D eigenvalue weighted by molar-refractivity contribution is -0.161. The summed E-state index contributed by atoms with van der Waals surface area (Å²) in [6.45, 7) is 4.06. The standard InChI is InChI=1S/C68H122O5/c1-3-5-7-9-11-13-15-17-19-21-23-25-27-29-31-32-33-34-35-37-38-40-42-44-46-48-50-52-54-56-58-60-62-67(70)72-65-66(64-69)73-68(71)63-61-59-57-55-53-51-49-47-45-43-41-39-36-30-28-26-24-22-20-18-16-14-12-10-8-6-4-2/h6,8,12,14,18,20,24,26,30,36,41,43,66,69H,3-5,7,9-11,13,15-17,19,21-23,25,27-29,31-35,37-40,42,44-65H2,1-2H3/b8-6-,14-12-,20-18-,26-24-,36-30-,43-41-. The molecule has 1 N–H and O–H groups in total. The highest BCUT2D eigenvalue weighted by Crippen LogP contribution is 2.18. The van der Waals surface area contributed by atoms with Crippen LogP contribution < -0.4 is 0 Å². The van der Waals surface area contributed by atoms with E-state index in [2.05, 4.69) is 86.8 Å². The first-order valence-electron chi connectivity index (χ1n) is 32.0. The van der Waals surface area contributed by atoms with E-state index in [-0.39, 0.29) is 25.2 Å². The van der Waals surface area contributed by atoms with Gasteiger partial charge in [-0.25, -0.2) is 0 Å². The van der Waals surface area contributed by atoms with E-state index in [1.54, 1.807) is 0 Å². The van der Waals surface area contributed by atoms with Crippen molar-refractivity contribution >= 4 is 11.9 Å². The summed E-state index contributed by atoms with van der Waals surface area (Å²) in [5, 5.41) is 9.68. The predicted molar refractivity (Wildman–Crippen MR) is 320 cm³/mol. The second kappa shape index (κ2) is 63.6. The second-order valence-corrected chi connectivity index (χ2v) is 21.5. The Morgan fingerprint density at radius 2 is 0.589 bits per heavy atom. The van der Waals surface area contributed by atoms with Gasteiger partial charge in [0.25, 0.3) is 0 Å². The van der Waals surface area contributed by atoms with Crippen molar-refractivity contribution in [3.8, 4) is 0 Å². The lowest BCUT2D eigenvalue weighted by atomic mass is 10.0. The van der Waals surface area contributed by atoms with Crippen LogP contribution in [-0.4, -0.2) is 36.4 Å². The summed E-state index contributed by atoms with van der Waals surface area (Å²) in [7, 11) is 0. The molecule has 0 amide bonds. The summed E-state index contributed by atoms with van der Waals surface area (Å²) in [5.74, 6) is -0.588. The van der Waals surface area contributed by atoms with Gasteiger partial charge in [0.15, 0.2) is 6.10 Å². The van der Waals surface area contributed by atoms with Crippen LogP contribution in [-0.2, 0) is 19.1 Å². The zero-order valence-electron chi connectivity index (χ0n) is 48.6. The second-order valence-electron chi connectivity index (χ2n) is 21.5. The third kappa shape index (κ3) is 61.8. The molecule has 0 aliphatic rings. The van der Waals surface area contributed by atoms with Gasteiger partial charge >= 0.3 is 11.9 Å². The van der Waals surface area contributed by atoms with Crippen LogP contribution in [0.3, 0.4) is 0 Å². The van der Waals surface area contributed by atoms with Crippen LogP contribution in [0.25, 0.3) is 0 Å². The Hall–Kier alpha value is -2.66. The van der Waals surface area contributed by atoms with Crippen LogP contribution >= 0.6 is 0 Å². The van der Waals surface area contributed by atoms with Gasteiger partial charge in [-0.15, -0.1) is 0 Å². The monoisotopic (exact) mass is 1020 g/mol. The van der Waals surface area contributed by atoms with E-state index in [4.69, 9.17) is 9.47 Å². The van der Waals surface area contributed by atoms with Gasteiger partial charge in [0.05, 0.1) is 6.61 Å². The fourth-order valence-electron chi connectivity index (χ4n) is 9.50. The van der Waals surface area contributed by atoms with Crippen molar-refractivity contribution < 1.29 is 24.2 Å². The summed E-state index contributed by atoms with van der Waals surface area (Å²) in [6, 6.07) is 0. The van der Waals surface area contributed by atoms with Crippen LogP contribution in [0, 0.1) is 0 Å². The highest BCUT2D eigenvalue weighted by Gasteiger charge is 2.16. The van der Waals surface area contributed by atoms with Gasteiger partial charge in [-0.1, -0.05) is 324 Å². The first-order valence-corrected chi connectivity index (χ1v) is 32.0. The van der Waals surface area contributed by atoms with Crippen LogP contribution in [0.1, 0.15) is 328 Å². The summed E-state index contributed by atoms with van der Waals surface area (Å²) in [4.78, 5) is 24.6. The molecular formula is C68H122O5. The van der Waals surface area contributed by atoms with Gasteiger partial charge in [0.2, 0.25) is 0 Å². The number of carbonyl (C=O) groups excluding carboxylic acids is 2. The molecule has 0 spiro atoms. The number of esters is 2. The molecular weight excluding hydrogens is 897 g/mol. The third-order valence-electron chi connectivity index (χ3n) is 14.3. The van der Waals surface area contributed by atoms with Gasteiger partial charge in [-0.2, -0.15) is 0 Å². The van der Waals surface area contributed by atoms with Crippen LogP contribution in [0.15, 0.2) is 72.9 Å². The molecule has 0 saturated carbocycles. The zero-order chi connectivity index (χ0) is 52.7. The molecule has 0 aliphatic carbocycles. The molecule has 1 unspecified atom stereocenters. The summed E-state index contributed by atoms with van der Waals surface area (Å²) in [6.07, 6.45) is 87.7. The van der Waals surface area contributed by atoms with Crippen molar-refractivity contribution in [2.45, 2.75) is 335 Å². The number of aliphatic hydroxyl groups is 1. The number of aliphatic hydroxyl groups excluding tert-OH is 1. The minimum atomic E-state index is -0.780. The largest absolute Gasteiger partial charge is 0.462 e. The highest BCUT2D eigenvalue weighted by atomic mass is 16.6. The fourth-order valence-corrected chi connectivity index (χ4v) is 9.50. The third-order valence-corrected chi connectivity index (χ3v) is 14.3. The van der Waals surface area contributed by atoms with E-state index in [1.807, 2.05) is 0 Å². The molecule has 0 heterocycles. The molecule has 73 heavy (non-hydrogen) atoms. The number of hydrogen-bond donors (Lipinski definition) is 1. The number of unbranched alkanes of at least 4 members (excludes halogenated alkanes) is 39. The number of carbonyl (C=O) groups is 2. The first kappa shape index (κ1) is 70.3. The Bertz CT molecular complexity index is 1290. The SMILES string of the molecule is CC/C=C\C/C=C\C/C=C\C/C=C\C/C=C\C/C=C\CCCCCCCCCCC(=O)OC(CO)COC(=O)CCCCCCCCCCCCCCCCCCCCCCCCCCCCCCCCCC. The number of rotatable bonds is 59. The lowest BCUT2D eigenvalue weighted by Crippen LogP contribution is -2.28. The van der Waals surface area contributed by atoms with E-state index in [0.29, 0.717) is 12.8 Å². The Morgan fingerprint density at radius 1 is 0.329 bits per heavy atom. The normalized spacial score (nSPS) is 12.6. The van der Waals surface area contributed by atoms with Crippen molar-refractivity contribution in [3.63, 3.8) is 0 Å². The Balaban J connectivity index is 3.45. The Kier molecular flexibility index (Phi) is 61.3. The molecule has 0 aromatic carbocycles. The minimum Gasteiger partial charge on any atom is -0.462 e. The van der Waals surface area contributed by atoms with Gasteiger partial charge in [-0.3, -0.25) is 9.59 Å². The molecule has 0 aromatic rings. The van der Waals surface area contributed by atoms with E-state index in [0.717, 1.165) is 83.5 Å². The fraction of sp³-hybridized carbons (Fsp3) is 0.794. The van der Waals surface area contributed by atoms with E-state index >= 15 is 0 Å². The molecule has 0 aromatic heterocycles. The van der Waals surface area contributed by atoms with Crippen LogP contribution in [0.4, 0.5) is 0 Å². The molecule has 1 atom stereocenters. The Morgan fingerprint density at radius 3 is 0.890 bits per heavy atom. The van der Waals surface area contributed by atoms with Crippen molar-refractivity contribution in [2.75, 3.05) is 13.2 Å². The quantitative estimate of drug-likeness (QED) is 0.0373. The highest BCUT2D eigenvalue weighted by molar-refractivity contribution is 5.70. The summed E-state index contributed by atoms with van der Waals surface area (Å²) < 4.78 is 10.7. The van der Waals surface area contributed by atoms with Gasteiger partial charge in [-0.05, 0) is 64.2 Å². The van der Waals surface area contributed by atoms with E-state index in [1.165, 1.54) is 218 Å². The summed E-state index contributed by atoms with van der Waals surface area (Å²) >= 11 is 0. The maximum Gasteiger partial charge on any atom is 0.306 e. The minimum absolute atomic E-state index is 0.0687. The maximum absolute atomic E-state index is 12.3. The first-order chi connectivity index (χ1) is 36.1. The molecule has 5 heteroatoms. The topological polar surface area (TPSA) is 72.8 Å². The molecule has 0 bridgehead atoms. The van der Waals surface area contributed by atoms with Crippen LogP contribution in [0.5, 0.6) is 0 Å². The molecule has 424 valence electrons. The van der Waals surface area contributed by atoms with Crippen molar-refractivity contribution in [1.29, 1.82) is 0 Å². The molecule has 0 saturated heterocycles. The predicted octanol–water partition coefficient (Wildman–Crippen LogP) is 21.9. The number of ether oxygens (including phenoxy) is 2. The molecule has 0 fully saturated rings. The van der Waals surface area contributed by atoms with Gasteiger partial charge in [0, 0.05) is 12.8 Å². The zero-order valence-corrected chi connectivity index (χ0v) is 48.6. The van der Waals surface area contributed by atoms with Crippen molar-refractivity contribution in [3.05, 3.63) is 72.9 Å². The van der Waals surface area contributed by atoms with E-state index in [9.17, 15) is 14.7 Å². The number of hydrogen-bond acceptors (Lipinski definition) is 5. The van der Waals surface area contributed by atoms with Gasteiger partial charge in [0.1, 0.15) is 6.61 Å². The molecule has 0 rings (SSSR count). The smallest absolute Gasteiger partial charge is 0.306 e. The van der Waals surface area contributed by atoms with Crippen molar-refractivity contribution in [1.82, 2.24) is 0 Å². The average Bonchev–Trinajstić information content (AvgIpc) is 3.39. The molecule has 0 radical (unpaired) electrons. The lowest BCUT2D eigenvalue weighted by Gasteiger charge is -2.15.